The fourth-order valence-electron chi connectivity index (χ4n) is 3.03. The average molecular weight is 324 g/mol. The molecule has 2 aromatic carbocycles. The average Bonchev–Trinajstić information content (AvgIpc) is 2.93. The molecule has 3 aromatic rings. The van der Waals surface area contributed by atoms with Crippen molar-refractivity contribution in [2.45, 2.75) is 46.4 Å². The van der Waals surface area contributed by atoms with E-state index in [-0.39, 0.29) is 18.7 Å². The minimum absolute atomic E-state index is 0.127. The number of aromatic nitrogens is 1. The highest BCUT2D eigenvalue weighted by atomic mass is 16.5. The summed E-state index contributed by atoms with van der Waals surface area (Å²) in [6, 6.07) is 14.8. The molecule has 4 heteroatoms. The Balaban J connectivity index is 1.86. The minimum Gasteiger partial charge on any atom is -0.445 e. The molecule has 0 saturated heterocycles. The summed E-state index contributed by atoms with van der Waals surface area (Å²) < 4.78 is 7.65. The molecule has 126 valence electrons. The first kappa shape index (κ1) is 16.4. The van der Waals surface area contributed by atoms with E-state index in [4.69, 9.17) is 4.74 Å². The molecule has 0 aliphatic rings. The molecule has 0 spiro atoms. The van der Waals surface area contributed by atoms with Crippen LogP contribution in [0.2, 0.25) is 0 Å². The number of para-hydroxylation sites is 1. The quantitative estimate of drug-likeness (QED) is 0.730. The van der Waals surface area contributed by atoms with Gasteiger partial charge in [-0.15, -0.1) is 0 Å². The lowest BCUT2D eigenvalue weighted by atomic mass is 10.1. The van der Waals surface area contributed by atoms with Crippen LogP contribution in [0, 0.1) is 0 Å². The van der Waals surface area contributed by atoms with Crippen molar-refractivity contribution in [3.8, 4) is 0 Å². The van der Waals surface area contributed by atoms with E-state index in [2.05, 4.69) is 53.2 Å². The number of amides is 1. The minimum atomic E-state index is -0.361. The Morgan fingerprint density at radius 1 is 1.12 bits per heavy atom. The van der Waals surface area contributed by atoms with Gasteiger partial charge in [0.25, 0.3) is 0 Å². The third-order valence-electron chi connectivity index (χ3n) is 4.50. The van der Waals surface area contributed by atoms with Gasteiger partial charge in [0.05, 0.1) is 0 Å². The van der Waals surface area contributed by atoms with Gasteiger partial charge in [0.1, 0.15) is 6.61 Å². The van der Waals surface area contributed by atoms with E-state index in [1.165, 1.54) is 21.8 Å². The highest BCUT2D eigenvalue weighted by Gasteiger charge is 2.11. The monoisotopic (exact) mass is 324 g/mol. The summed E-state index contributed by atoms with van der Waals surface area (Å²) in [6.45, 7) is 7.36. The highest BCUT2D eigenvalue weighted by Crippen LogP contribution is 2.29. The molecule has 0 fully saturated rings. The molecular weight excluding hydrogens is 300 g/mol. The van der Waals surface area contributed by atoms with Gasteiger partial charge in [-0.2, -0.15) is 0 Å². The van der Waals surface area contributed by atoms with Crippen LogP contribution in [-0.2, 0) is 17.9 Å². The maximum Gasteiger partial charge on any atom is 0.407 e. The predicted molar refractivity (Wildman–Crippen MR) is 98.2 cm³/mol. The number of ether oxygens (including phenoxy) is 1. The van der Waals surface area contributed by atoms with Gasteiger partial charge in [-0.25, -0.2) is 4.79 Å². The van der Waals surface area contributed by atoms with Crippen molar-refractivity contribution in [3.05, 3.63) is 48.0 Å². The molecule has 1 N–H and O–H groups in total. The zero-order chi connectivity index (χ0) is 17.1. The van der Waals surface area contributed by atoms with Crippen LogP contribution in [0.3, 0.4) is 0 Å². The van der Waals surface area contributed by atoms with E-state index in [9.17, 15) is 4.79 Å². The van der Waals surface area contributed by atoms with Gasteiger partial charge in [0.2, 0.25) is 0 Å². The maximum absolute atomic E-state index is 11.8. The van der Waals surface area contributed by atoms with E-state index in [1.807, 2.05) is 19.9 Å². The van der Waals surface area contributed by atoms with Gasteiger partial charge in [0, 0.05) is 34.4 Å². The van der Waals surface area contributed by atoms with E-state index in [1.54, 1.807) is 0 Å². The summed E-state index contributed by atoms with van der Waals surface area (Å²) in [6.07, 6.45) is 0.526. The molecule has 0 aliphatic carbocycles. The third kappa shape index (κ3) is 3.09. The number of alkyl carbamates (subject to hydrolysis) is 1. The number of fused-ring (bicyclic) bond motifs is 3. The zero-order valence-corrected chi connectivity index (χ0v) is 14.5. The summed E-state index contributed by atoms with van der Waals surface area (Å²) in [5.74, 6) is 0. The number of rotatable bonds is 5. The molecule has 0 saturated carbocycles. The lowest BCUT2D eigenvalue weighted by molar-refractivity contribution is 0.136. The van der Waals surface area contributed by atoms with Crippen LogP contribution in [0.15, 0.2) is 42.5 Å². The molecule has 24 heavy (non-hydrogen) atoms. The van der Waals surface area contributed by atoms with Crippen molar-refractivity contribution in [3.63, 3.8) is 0 Å². The lowest BCUT2D eigenvalue weighted by Crippen LogP contribution is -2.32. The Morgan fingerprint density at radius 3 is 2.62 bits per heavy atom. The molecular formula is C20H24N2O2. The standard InChI is InChI=1S/C20H24N2O2/c1-4-14(3)21-20(23)24-13-15-10-11-19-17(12-15)16-8-6-7-9-18(16)22(19)5-2/h6-12,14H,4-5,13H2,1-3H3,(H,21,23). The summed E-state index contributed by atoms with van der Waals surface area (Å²) in [5.41, 5.74) is 3.45. The zero-order valence-electron chi connectivity index (χ0n) is 14.5. The van der Waals surface area contributed by atoms with Gasteiger partial charge < -0.3 is 14.6 Å². The number of hydrogen-bond acceptors (Lipinski definition) is 2. The van der Waals surface area contributed by atoms with Crippen LogP contribution in [-0.4, -0.2) is 16.7 Å². The molecule has 1 unspecified atom stereocenters. The van der Waals surface area contributed by atoms with Crippen molar-refractivity contribution < 1.29 is 9.53 Å². The fraction of sp³-hybridized carbons (Fsp3) is 0.350. The topological polar surface area (TPSA) is 43.3 Å². The van der Waals surface area contributed by atoms with Crippen molar-refractivity contribution in [1.29, 1.82) is 0 Å². The molecule has 0 aliphatic heterocycles. The number of benzene rings is 2. The highest BCUT2D eigenvalue weighted by molar-refractivity contribution is 6.08. The van der Waals surface area contributed by atoms with Crippen LogP contribution in [0.25, 0.3) is 21.8 Å². The lowest BCUT2D eigenvalue weighted by Gasteiger charge is -2.12. The van der Waals surface area contributed by atoms with Gasteiger partial charge in [0.15, 0.2) is 0 Å². The Morgan fingerprint density at radius 2 is 1.88 bits per heavy atom. The first-order valence-corrected chi connectivity index (χ1v) is 8.57. The Bertz CT molecular complexity index is 867. The second-order valence-corrected chi connectivity index (χ2v) is 6.14. The molecule has 3 rings (SSSR count). The van der Waals surface area contributed by atoms with E-state index in [0.29, 0.717) is 0 Å². The number of carbonyl (C=O) groups is 1. The second-order valence-electron chi connectivity index (χ2n) is 6.14. The SMILES string of the molecule is CCC(C)NC(=O)OCc1ccc2c(c1)c1ccccc1n2CC. The van der Waals surface area contributed by atoms with Crippen molar-refractivity contribution >= 4 is 27.9 Å². The summed E-state index contributed by atoms with van der Waals surface area (Å²) in [7, 11) is 0. The number of nitrogens with one attached hydrogen (secondary N) is 1. The summed E-state index contributed by atoms with van der Waals surface area (Å²) >= 11 is 0. The summed E-state index contributed by atoms with van der Waals surface area (Å²) in [4.78, 5) is 11.8. The van der Waals surface area contributed by atoms with E-state index >= 15 is 0 Å². The fourth-order valence-corrected chi connectivity index (χ4v) is 3.03. The molecule has 1 amide bonds. The first-order chi connectivity index (χ1) is 11.6. The van der Waals surface area contributed by atoms with Crippen LogP contribution in [0.5, 0.6) is 0 Å². The third-order valence-corrected chi connectivity index (χ3v) is 4.50. The normalized spacial score (nSPS) is 12.5. The Kier molecular flexibility index (Phi) is 4.74. The first-order valence-electron chi connectivity index (χ1n) is 8.57. The molecule has 0 radical (unpaired) electrons. The number of carbonyl (C=O) groups excluding carboxylic acids is 1. The van der Waals surface area contributed by atoms with Gasteiger partial charge in [-0.1, -0.05) is 31.2 Å². The van der Waals surface area contributed by atoms with Crippen LogP contribution in [0.4, 0.5) is 4.79 Å². The molecule has 1 aromatic heterocycles. The van der Waals surface area contributed by atoms with Gasteiger partial charge in [-0.3, -0.25) is 0 Å². The van der Waals surface area contributed by atoms with Crippen molar-refractivity contribution in [2.24, 2.45) is 0 Å². The molecule has 0 bridgehead atoms. The number of hydrogen-bond donors (Lipinski definition) is 1. The number of nitrogens with zero attached hydrogens (tertiary/aromatic N) is 1. The summed E-state index contributed by atoms with van der Waals surface area (Å²) in [5, 5.41) is 5.26. The predicted octanol–water partition coefficient (Wildman–Crippen LogP) is 4.84. The van der Waals surface area contributed by atoms with Gasteiger partial charge in [-0.05, 0) is 44.0 Å². The van der Waals surface area contributed by atoms with Crippen LogP contribution < -0.4 is 5.32 Å². The molecule has 1 atom stereocenters. The van der Waals surface area contributed by atoms with E-state index in [0.717, 1.165) is 18.5 Å². The van der Waals surface area contributed by atoms with Gasteiger partial charge >= 0.3 is 6.09 Å². The maximum atomic E-state index is 11.8. The van der Waals surface area contributed by atoms with Crippen molar-refractivity contribution in [1.82, 2.24) is 9.88 Å². The molecule has 4 nitrogen and oxygen atoms in total. The Hall–Kier alpha value is -2.49. The van der Waals surface area contributed by atoms with Crippen LogP contribution >= 0.6 is 0 Å². The van der Waals surface area contributed by atoms with Crippen molar-refractivity contribution in [2.75, 3.05) is 0 Å². The smallest absolute Gasteiger partial charge is 0.407 e. The second kappa shape index (κ2) is 6.95. The van der Waals surface area contributed by atoms with Crippen LogP contribution in [0.1, 0.15) is 32.8 Å². The largest absolute Gasteiger partial charge is 0.445 e. The van der Waals surface area contributed by atoms with E-state index < -0.39 is 0 Å². The number of aryl methyl sites for hydroxylation is 1. The Labute approximate surface area is 142 Å². The molecule has 1 heterocycles.